The van der Waals surface area contributed by atoms with Crippen molar-refractivity contribution in [3.8, 4) is 0 Å². The van der Waals surface area contributed by atoms with Crippen molar-refractivity contribution in [3.63, 3.8) is 0 Å². The zero-order valence-electron chi connectivity index (χ0n) is 23.6. The standard InChI is InChI=1S/C30H35ClN8O2S/c1-2-39-28(40)23-18-22(31)8-9-24(23)33-30(39)42-26(20-6-4-3-5-7-20)29(41)38-15-10-21(19-38)27-34-25(35-36-27)11-14-37-16-12-32-13-17-37/h3-9,18,21,26,32H,2,10-17,19H2,1H3,(H,34,35,36)/t21-,26?/m0/s1. The Hall–Kier alpha value is -3.25. The van der Waals surface area contributed by atoms with Gasteiger partial charge in [0.25, 0.3) is 5.56 Å². The number of hydrogen-bond donors (Lipinski definition) is 2. The minimum absolute atomic E-state index is 0.000233. The third-order valence-corrected chi connectivity index (χ3v) is 9.51. The number of aromatic amines is 1. The zero-order valence-corrected chi connectivity index (χ0v) is 25.2. The summed E-state index contributed by atoms with van der Waals surface area (Å²) in [4.78, 5) is 41.4. The number of nitrogens with one attached hydrogen (secondary N) is 2. The maximum atomic E-state index is 14.1. The predicted octanol–water partition coefficient (Wildman–Crippen LogP) is 3.49. The second-order valence-corrected chi connectivity index (χ2v) is 12.3. The second kappa shape index (κ2) is 12.9. The molecule has 220 valence electrons. The smallest absolute Gasteiger partial charge is 0.262 e. The molecule has 2 aliphatic heterocycles. The van der Waals surface area contributed by atoms with E-state index in [1.807, 2.05) is 42.2 Å². The fraction of sp³-hybridized carbons (Fsp3) is 0.433. The molecule has 12 heteroatoms. The fourth-order valence-corrected chi connectivity index (χ4v) is 7.10. The summed E-state index contributed by atoms with van der Waals surface area (Å²) in [6.45, 7) is 8.64. The molecule has 2 saturated heterocycles. The molecule has 0 saturated carbocycles. The maximum Gasteiger partial charge on any atom is 0.262 e. The van der Waals surface area contributed by atoms with E-state index >= 15 is 0 Å². The number of nitrogens with zero attached hydrogens (tertiary/aromatic N) is 6. The number of piperazine rings is 1. The van der Waals surface area contributed by atoms with Gasteiger partial charge in [-0.1, -0.05) is 53.7 Å². The van der Waals surface area contributed by atoms with E-state index in [0.29, 0.717) is 40.7 Å². The molecule has 4 heterocycles. The minimum atomic E-state index is -0.552. The zero-order chi connectivity index (χ0) is 29.1. The molecule has 6 rings (SSSR count). The summed E-state index contributed by atoms with van der Waals surface area (Å²) in [7, 11) is 0. The van der Waals surface area contributed by atoms with Gasteiger partial charge in [0.2, 0.25) is 5.91 Å². The van der Waals surface area contributed by atoms with Gasteiger partial charge in [-0.05, 0) is 37.1 Å². The van der Waals surface area contributed by atoms with Crippen LogP contribution in [0.1, 0.15) is 41.7 Å². The largest absolute Gasteiger partial charge is 0.341 e. The Morgan fingerprint density at radius 2 is 1.93 bits per heavy atom. The Balaban J connectivity index is 1.20. The molecule has 0 radical (unpaired) electrons. The van der Waals surface area contributed by atoms with Crippen molar-refractivity contribution < 1.29 is 4.79 Å². The summed E-state index contributed by atoms with van der Waals surface area (Å²) in [6, 6.07) is 14.8. The topological polar surface area (TPSA) is 112 Å². The second-order valence-electron chi connectivity index (χ2n) is 10.8. The van der Waals surface area contributed by atoms with Crippen molar-refractivity contribution in [2.75, 3.05) is 45.8 Å². The number of fused-ring (bicyclic) bond motifs is 1. The number of halogens is 1. The molecule has 2 aliphatic rings. The highest BCUT2D eigenvalue weighted by Gasteiger charge is 2.35. The lowest BCUT2D eigenvalue weighted by Gasteiger charge is -2.26. The highest BCUT2D eigenvalue weighted by molar-refractivity contribution is 8.00. The van der Waals surface area contributed by atoms with Gasteiger partial charge in [-0.2, -0.15) is 5.10 Å². The molecular formula is C30H35ClN8O2S. The molecular weight excluding hydrogens is 572 g/mol. The first-order valence-electron chi connectivity index (χ1n) is 14.5. The Morgan fingerprint density at radius 1 is 1.12 bits per heavy atom. The van der Waals surface area contributed by atoms with Gasteiger partial charge in [0.1, 0.15) is 11.1 Å². The number of carbonyl (C=O) groups excluding carboxylic acids is 1. The summed E-state index contributed by atoms with van der Waals surface area (Å²) in [6.07, 6.45) is 1.63. The lowest BCUT2D eigenvalue weighted by atomic mass is 10.1. The van der Waals surface area contributed by atoms with Crippen molar-refractivity contribution in [1.82, 2.24) is 39.8 Å². The van der Waals surface area contributed by atoms with Crippen molar-refractivity contribution >= 4 is 40.2 Å². The van der Waals surface area contributed by atoms with Crippen molar-refractivity contribution in [1.29, 1.82) is 0 Å². The van der Waals surface area contributed by atoms with Gasteiger partial charge in [0.05, 0.1) is 10.9 Å². The average molecular weight is 607 g/mol. The molecule has 10 nitrogen and oxygen atoms in total. The van der Waals surface area contributed by atoms with Crippen LogP contribution in [0.2, 0.25) is 5.02 Å². The first-order valence-corrected chi connectivity index (χ1v) is 15.8. The Bertz CT molecular complexity index is 1600. The highest BCUT2D eigenvalue weighted by atomic mass is 35.5. The van der Waals surface area contributed by atoms with Gasteiger partial charge >= 0.3 is 0 Å². The number of likely N-dealkylation sites (tertiary alicyclic amines) is 1. The molecule has 2 N–H and O–H groups in total. The molecule has 4 aromatic rings. The summed E-state index contributed by atoms with van der Waals surface area (Å²) in [5, 5.41) is 11.9. The van der Waals surface area contributed by atoms with E-state index < -0.39 is 5.25 Å². The van der Waals surface area contributed by atoms with E-state index in [-0.39, 0.29) is 17.4 Å². The quantitative estimate of drug-likeness (QED) is 0.220. The van der Waals surface area contributed by atoms with E-state index in [2.05, 4.69) is 20.4 Å². The van der Waals surface area contributed by atoms with Crippen molar-refractivity contribution in [3.05, 3.63) is 81.1 Å². The van der Waals surface area contributed by atoms with Crippen molar-refractivity contribution in [2.45, 2.75) is 42.6 Å². The van der Waals surface area contributed by atoms with Gasteiger partial charge in [-0.3, -0.25) is 19.3 Å². The van der Waals surface area contributed by atoms with Crippen LogP contribution in [-0.2, 0) is 17.8 Å². The number of rotatable bonds is 9. The van der Waals surface area contributed by atoms with Crippen LogP contribution in [0.4, 0.5) is 0 Å². The van der Waals surface area contributed by atoms with Gasteiger partial charge < -0.3 is 15.1 Å². The summed E-state index contributed by atoms with van der Waals surface area (Å²) >= 11 is 7.49. The van der Waals surface area contributed by atoms with Crippen LogP contribution in [-0.4, -0.2) is 86.3 Å². The third-order valence-electron chi connectivity index (χ3n) is 8.04. The molecule has 42 heavy (non-hydrogen) atoms. The van der Waals surface area contributed by atoms with Gasteiger partial charge in [-0.25, -0.2) is 9.97 Å². The number of benzene rings is 2. The van der Waals surface area contributed by atoms with E-state index in [9.17, 15) is 9.59 Å². The predicted molar refractivity (Wildman–Crippen MR) is 165 cm³/mol. The number of amides is 1. The molecule has 0 bridgehead atoms. The highest BCUT2D eigenvalue weighted by Crippen LogP contribution is 2.38. The van der Waals surface area contributed by atoms with E-state index in [1.54, 1.807) is 22.8 Å². The molecule has 1 unspecified atom stereocenters. The van der Waals surface area contributed by atoms with Crippen LogP contribution < -0.4 is 10.9 Å². The number of thioether (sulfide) groups is 1. The van der Waals surface area contributed by atoms with E-state index in [4.69, 9.17) is 21.6 Å². The van der Waals surface area contributed by atoms with Crippen LogP contribution in [0.5, 0.6) is 0 Å². The maximum absolute atomic E-state index is 14.1. The number of H-pyrrole nitrogens is 1. The molecule has 0 spiro atoms. The minimum Gasteiger partial charge on any atom is -0.341 e. The average Bonchev–Trinajstić information content (AvgIpc) is 3.70. The number of carbonyl (C=O) groups is 1. The monoisotopic (exact) mass is 606 g/mol. The SMILES string of the molecule is CCn1c(SC(C(=O)N2CC[C@H](c3nc(CCN4CCNCC4)n[nH]3)C2)c2ccccc2)nc2ccc(Cl)cc2c1=O. The number of aromatic nitrogens is 5. The first kappa shape index (κ1) is 28.9. The van der Waals surface area contributed by atoms with Crippen LogP contribution >= 0.6 is 23.4 Å². The molecule has 1 amide bonds. The molecule has 2 aromatic carbocycles. The van der Waals surface area contributed by atoms with Gasteiger partial charge in [0.15, 0.2) is 11.0 Å². The molecule has 2 aromatic heterocycles. The first-order chi connectivity index (χ1) is 20.5. The lowest BCUT2D eigenvalue weighted by Crippen LogP contribution is -2.44. The normalized spacial score (nSPS) is 18.5. The molecule has 2 fully saturated rings. The van der Waals surface area contributed by atoms with Crippen molar-refractivity contribution in [2.24, 2.45) is 0 Å². The Morgan fingerprint density at radius 3 is 2.71 bits per heavy atom. The molecule has 2 atom stereocenters. The Kier molecular flexibility index (Phi) is 8.89. The van der Waals surface area contributed by atoms with Gasteiger partial charge in [0, 0.05) is 69.7 Å². The van der Waals surface area contributed by atoms with Gasteiger partial charge in [-0.15, -0.1) is 0 Å². The van der Waals surface area contributed by atoms with Crippen LogP contribution in [0.15, 0.2) is 58.5 Å². The van der Waals surface area contributed by atoms with Crippen LogP contribution in [0.3, 0.4) is 0 Å². The van der Waals surface area contributed by atoms with Crippen LogP contribution in [0, 0.1) is 0 Å². The lowest BCUT2D eigenvalue weighted by molar-refractivity contribution is -0.129. The summed E-state index contributed by atoms with van der Waals surface area (Å²) in [5.74, 6) is 1.78. The van der Waals surface area contributed by atoms with Crippen LogP contribution in [0.25, 0.3) is 10.9 Å². The van der Waals surface area contributed by atoms with E-state index in [0.717, 1.165) is 62.8 Å². The third kappa shape index (κ3) is 6.24. The Labute approximate surface area is 253 Å². The molecule has 0 aliphatic carbocycles. The summed E-state index contributed by atoms with van der Waals surface area (Å²) < 4.78 is 1.62. The van der Waals surface area contributed by atoms with E-state index in [1.165, 1.54) is 11.8 Å². The summed E-state index contributed by atoms with van der Waals surface area (Å²) in [5.41, 5.74) is 1.28. The fourth-order valence-electron chi connectivity index (χ4n) is 5.68. The number of hydrogen-bond acceptors (Lipinski definition) is 8.